The van der Waals surface area contributed by atoms with E-state index in [-0.39, 0.29) is 29.8 Å². The van der Waals surface area contributed by atoms with Crippen LogP contribution in [0, 0.1) is 16.0 Å². The number of amides is 2. The Labute approximate surface area is 138 Å². The van der Waals surface area contributed by atoms with Crippen molar-refractivity contribution in [3.05, 3.63) is 70.3 Å². The van der Waals surface area contributed by atoms with Gasteiger partial charge in [0.15, 0.2) is 0 Å². The van der Waals surface area contributed by atoms with Crippen molar-refractivity contribution in [3.63, 3.8) is 0 Å². The summed E-state index contributed by atoms with van der Waals surface area (Å²) >= 11 is 0. The molecule has 2 aromatic carbocycles. The molecular weight excluding hydrogens is 308 g/mol. The van der Waals surface area contributed by atoms with Crippen molar-refractivity contribution in [1.82, 2.24) is 0 Å². The Morgan fingerprint density at radius 2 is 1.71 bits per heavy atom. The molecule has 24 heavy (non-hydrogen) atoms. The van der Waals surface area contributed by atoms with Gasteiger partial charge in [-0.2, -0.15) is 0 Å². The zero-order valence-electron chi connectivity index (χ0n) is 13.1. The highest BCUT2D eigenvalue weighted by atomic mass is 16.6. The molecule has 0 saturated carbocycles. The molecule has 1 heterocycles. The number of hydrogen-bond acceptors (Lipinski definition) is 4. The van der Waals surface area contributed by atoms with Crippen LogP contribution in [0.3, 0.4) is 0 Å². The molecule has 0 N–H and O–H groups in total. The van der Waals surface area contributed by atoms with Crippen LogP contribution >= 0.6 is 0 Å². The van der Waals surface area contributed by atoms with Crippen LogP contribution in [0.5, 0.6) is 0 Å². The summed E-state index contributed by atoms with van der Waals surface area (Å²) in [7, 11) is 0. The molecule has 3 rings (SSSR count). The van der Waals surface area contributed by atoms with Crippen LogP contribution in [0.2, 0.25) is 0 Å². The fourth-order valence-electron chi connectivity index (χ4n) is 3.03. The first kappa shape index (κ1) is 15.9. The first-order chi connectivity index (χ1) is 11.5. The number of imide groups is 1. The van der Waals surface area contributed by atoms with Gasteiger partial charge in [0.25, 0.3) is 5.69 Å². The van der Waals surface area contributed by atoms with E-state index in [1.54, 1.807) is 0 Å². The summed E-state index contributed by atoms with van der Waals surface area (Å²) in [5.41, 5.74) is 1.31. The first-order valence-corrected chi connectivity index (χ1v) is 7.65. The Morgan fingerprint density at radius 3 is 2.29 bits per heavy atom. The van der Waals surface area contributed by atoms with Crippen molar-refractivity contribution in [3.8, 4) is 0 Å². The third-order valence-electron chi connectivity index (χ3n) is 4.43. The smallest absolute Gasteiger partial charge is 0.269 e. The van der Waals surface area contributed by atoms with Crippen LogP contribution in [-0.2, 0) is 9.59 Å². The summed E-state index contributed by atoms with van der Waals surface area (Å²) in [6.45, 7) is 1.94. The molecular formula is C18H16N2O4. The van der Waals surface area contributed by atoms with Gasteiger partial charge in [0.1, 0.15) is 0 Å². The van der Waals surface area contributed by atoms with Crippen molar-refractivity contribution < 1.29 is 14.5 Å². The highest BCUT2D eigenvalue weighted by molar-refractivity contribution is 6.21. The Bertz CT molecular complexity index is 786. The lowest BCUT2D eigenvalue weighted by Crippen LogP contribution is -2.31. The molecule has 0 radical (unpaired) electrons. The fraction of sp³-hybridized carbons (Fsp3) is 0.222. The zero-order valence-corrected chi connectivity index (χ0v) is 13.1. The van der Waals surface area contributed by atoms with E-state index >= 15 is 0 Å². The second-order valence-corrected chi connectivity index (χ2v) is 5.85. The molecule has 2 amide bonds. The molecule has 1 aliphatic rings. The number of carbonyl (C=O) groups is 2. The lowest BCUT2D eigenvalue weighted by atomic mass is 9.86. The molecule has 6 nitrogen and oxygen atoms in total. The quantitative estimate of drug-likeness (QED) is 0.491. The molecule has 0 bridgehead atoms. The van der Waals surface area contributed by atoms with Crippen molar-refractivity contribution >= 4 is 23.2 Å². The SMILES string of the molecule is C[C@@H](c1ccccc1)[C@@H]1CC(=O)N(c2ccc([N+](=O)[O-])cc2)C1=O. The van der Waals surface area contributed by atoms with E-state index in [0.29, 0.717) is 5.69 Å². The van der Waals surface area contributed by atoms with Crippen LogP contribution in [-0.4, -0.2) is 16.7 Å². The average molecular weight is 324 g/mol. The van der Waals surface area contributed by atoms with E-state index in [2.05, 4.69) is 0 Å². The number of rotatable bonds is 4. The minimum atomic E-state index is -0.516. The Kier molecular flexibility index (Phi) is 4.12. The second-order valence-electron chi connectivity index (χ2n) is 5.85. The van der Waals surface area contributed by atoms with Crippen molar-refractivity contribution in [2.45, 2.75) is 19.3 Å². The molecule has 2 aromatic rings. The number of hydrogen-bond donors (Lipinski definition) is 0. The van der Waals surface area contributed by atoms with E-state index < -0.39 is 10.8 Å². The van der Waals surface area contributed by atoms with Gasteiger partial charge in [0.2, 0.25) is 11.8 Å². The minimum absolute atomic E-state index is 0.0768. The van der Waals surface area contributed by atoms with E-state index in [4.69, 9.17) is 0 Å². The van der Waals surface area contributed by atoms with Gasteiger partial charge >= 0.3 is 0 Å². The second kappa shape index (κ2) is 6.23. The molecule has 0 spiro atoms. The monoisotopic (exact) mass is 324 g/mol. The van der Waals surface area contributed by atoms with Crippen LogP contribution in [0.15, 0.2) is 54.6 Å². The maximum Gasteiger partial charge on any atom is 0.269 e. The van der Waals surface area contributed by atoms with Gasteiger partial charge in [-0.05, 0) is 23.6 Å². The molecule has 1 saturated heterocycles. The van der Waals surface area contributed by atoms with Crippen LogP contribution in [0.4, 0.5) is 11.4 Å². The average Bonchev–Trinajstić information content (AvgIpc) is 2.89. The van der Waals surface area contributed by atoms with E-state index in [1.807, 2.05) is 37.3 Å². The number of non-ortho nitro benzene ring substituents is 1. The number of nitro groups is 1. The van der Waals surface area contributed by atoms with Gasteiger partial charge in [-0.15, -0.1) is 0 Å². The molecule has 122 valence electrons. The van der Waals surface area contributed by atoms with E-state index in [1.165, 1.54) is 24.3 Å². The molecule has 0 unspecified atom stereocenters. The lowest BCUT2D eigenvalue weighted by molar-refractivity contribution is -0.384. The number of nitrogens with zero attached hydrogens (tertiary/aromatic N) is 2. The Balaban J connectivity index is 1.85. The molecule has 1 aliphatic heterocycles. The van der Waals surface area contributed by atoms with Gasteiger partial charge in [0.05, 0.1) is 16.5 Å². The lowest BCUT2D eigenvalue weighted by Gasteiger charge is -2.19. The highest BCUT2D eigenvalue weighted by Crippen LogP contribution is 2.36. The van der Waals surface area contributed by atoms with Gasteiger partial charge in [0, 0.05) is 18.6 Å². The van der Waals surface area contributed by atoms with E-state index in [0.717, 1.165) is 10.5 Å². The van der Waals surface area contributed by atoms with Crippen molar-refractivity contribution in [2.24, 2.45) is 5.92 Å². The first-order valence-electron chi connectivity index (χ1n) is 7.65. The molecule has 0 aromatic heterocycles. The predicted octanol–water partition coefficient (Wildman–Crippen LogP) is 3.28. The third-order valence-corrected chi connectivity index (χ3v) is 4.43. The molecule has 6 heteroatoms. The summed E-state index contributed by atoms with van der Waals surface area (Å²) in [5, 5.41) is 10.7. The van der Waals surface area contributed by atoms with Gasteiger partial charge in [-0.25, -0.2) is 0 Å². The Morgan fingerprint density at radius 1 is 1.08 bits per heavy atom. The van der Waals surface area contributed by atoms with Gasteiger partial charge in [-0.1, -0.05) is 37.3 Å². The minimum Gasteiger partial charge on any atom is -0.274 e. The highest BCUT2D eigenvalue weighted by Gasteiger charge is 2.42. The predicted molar refractivity (Wildman–Crippen MR) is 88.6 cm³/mol. The summed E-state index contributed by atoms with van der Waals surface area (Å²) in [4.78, 5) is 36.4. The molecule has 0 aliphatic carbocycles. The standard InChI is InChI=1S/C18H16N2O4/c1-12(13-5-3-2-4-6-13)16-11-17(21)19(18(16)22)14-7-9-15(10-8-14)20(23)24/h2-10,12,16H,11H2,1H3/t12-,16-/m0/s1. The van der Waals surface area contributed by atoms with Crippen LogP contribution in [0.1, 0.15) is 24.8 Å². The summed E-state index contributed by atoms with van der Waals surface area (Å²) < 4.78 is 0. The molecule has 2 atom stereocenters. The topological polar surface area (TPSA) is 80.5 Å². The Hall–Kier alpha value is -3.02. The number of carbonyl (C=O) groups excluding carboxylic acids is 2. The van der Waals surface area contributed by atoms with Crippen LogP contribution < -0.4 is 4.90 Å². The normalized spacial score (nSPS) is 18.7. The molecule has 1 fully saturated rings. The largest absolute Gasteiger partial charge is 0.274 e. The van der Waals surface area contributed by atoms with Gasteiger partial charge in [-0.3, -0.25) is 24.6 Å². The summed E-state index contributed by atoms with van der Waals surface area (Å²) in [6.07, 6.45) is 0.145. The van der Waals surface area contributed by atoms with E-state index in [9.17, 15) is 19.7 Å². The maximum atomic E-state index is 12.7. The van der Waals surface area contributed by atoms with Gasteiger partial charge < -0.3 is 0 Å². The number of benzene rings is 2. The third kappa shape index (κ3) is 2.78. The number of anilines is 1. The fourth-order valence-corrected chi connectivity index (χ4v) is 3.03. The maximum absolute atomic E-state index is 12.7. The van der Waals surface area contributed by atoms with Crippen LogP contribution in [0.25, 0.3) is 0 Å². The summed E-state index contributed by atoms with van der Waals surface area (Å²) in [5.74, 6) is -1.03. The zero-order chi connectivity index (χ0) is 17.3. The van der Waals surface area contributed by atoms with Crippen molar-refractivity contribution in [1.29, 1.82) is 0 Å². The van der Waals surface area contributed by atoms with Crippen molar-refractivity contribution in [2.75, 3.05) is 4.90 Å². The number of nitro benzene ring substituents is 1. The summed E-state index contributed by atoms with van der Waals surface area (Å²) in [6, 6.07) is 15.1.